The molecular weight excluding hydrogens is 292 g/mol. The summed E-state index contributed by atoms with van der Waals surface area (Å²) in [7, 11) is 0. The zero-order valence-corrected chi connectivity index (χ0v) is 12.9. The number of benzene rings is 2. The monoisotopic (exact) mass is 312 g/mol. The zero-order chi connectivity index (χ0) is 16.1. The Morgan fingerprint density at radius 2 is 2.00 bits per heavy atom. The summed E-state index contributed by atoms with van der Waals surface area (Å²) in [4.78, 5) is 12.8. The van der Waals surface area contributed by atoms with Gasteiger partial charge in [-0.15, -0.1) is 0 Å². The van der Waals surface area contributed by atoms with Gasteiger partial charge in [0.2, 0.25) is 0 Å². The number of rotatable bonds is 6. The van der Waals surface area contributed by atoms with Crippen LogP contribution in [0.3, 0.4) is 0 Å². The molecular formula is C18H20N2O3. The highest BCUT2D eigenvalue weighted by molar-refractivity contribution is 5.37. The van der Waals surface area contributed by atoms with Crippen LogP contribution < -0.4 is 4.74 Å². The first kappa shape index (κ1) is 15.5. The molecule has 1 atom stereocenters. The van der Waals surface area contributed by atoms with E-state index in [0.717, 1.165) is 25.9 Å². The molecule has 23 heavy (non-hydrogen) atoms. The Bertz CT molecular complexity index is 660. The average Bonchev–Trinajstić information content (AvgIpc) is 3.01. The molecule has 1 aliphatic heterocycles. The SMILES string of the molecule is O=[N+]([O-])c1cccc(OC[C@@H]2CCCN2Cc2ccccc2)c1. The summed E-state index contributed by atoms with van der Waals surface area (Å²) < 4.78 is 5.80. The average molecular weight is 312 g/mol. The maximum absolute atomic E-state index is 10.8. The number of nitrogens with zero attached hydrogens (tertiary/aromatic N) is 2. The lowest BCUT2D eigenvalue weighted by molar-refractivity contribution is -0.384. The van der Waals surface area contributed by atoms with Gasteiger partial charge in [0.25, 0.3) is 5.69 Å². The van der Waals surface area contributed by atoms with Crippen LogP contribution in [0.15, 0.2) is 54.6 Å². The van der Waals surface area contributed by atoms with Crippen molar-refractivity contribution >= 4 is 5.69 Å². The Kier molecular flexibility index (Phi) is 4.88. The van der Waals surface area contributed by atoms with Crippen molar-refractivity contribution in [1.82, 2.24) is 4.90 Å². The van der Waals surface area contributed by atoms with E-state index in [1.54, 1.807) is 12.1 Å². The first-order chi connectivity index (χ1) is 11.2. The van der Waals surface area contributed by atoms with Crippen LogP contribution in [-0.2, 0) is 6.54 Å². The lowest BCUT2D eigenvalue weighted by atomic mass is 10.2. The Labute approximate surface area is 135 Å². The van der Waals surface area contributed by atoms with Gasteiger partial charge in [0.05, 0.1) is 11.0 Å². The summed E-state index contributed by atoms with van der Waals surface area (Å²) in [6.07, 6.45) is 2.26. The van der Waals surface area contributed by atoms with Gasteiger partial charge < -0.3 is 4.74 Å². The highest BCUT2D eigenvalue weighted by atomic mass is 16.6. The van der Waals surface area contributed by atoms with Gasteiger partial charge in [0.1, 0.15) is 12.4 Å². The predicted octanol–water partition coefficient (Wildman–Crippen LogP) is 3.64. The Morgan fingerprint density at radius 1 is 1.17 bits per heavy atom. The summed E-state index contributed by atoms with van der Waals surface area (Å²) in [5.41, 5.74) is 1.37. The van der Waals surface area contributed by atoms with E-state index in [9.17, 15) is 10.1 Å². The third kappa shape index (κ3) is 4.07. The van der Waals surface area contributed by atoms with Crippen molar-refractivity contribution in [2.45, 2.75) is 25.4 Å². The van der Waals surface area contributed by atoms with Crippen molar-refractivity contribution in [3.8, 4) is 5.75 Å². The summed E-state index contributed by atoms with van der Waals surface area (Å²) in [5, 5.41) is 10.8. The van der Waals surface area contributed by atoms with Gasteiger partial charge in [-0.3, -0.25) is 15.0 Å². The number of hydrogen-bond acceptors (Lipinski definition) is 4. The fourth-order valence-electron chi connectivity index (χ4n) is 2.99. The van der Waals surface area contributed by atoms with Crippen LogP contribution in [0, 0.1) is 10.1 Å². The highest BCUT2D eigenvalue weighted by Crippen LogP contribution is 2.23. The van der Waals surface area contributed by atoms with E-state index < -0.39 is 4.92 Å². The molecule has 0 saturated carbocycles. The molecule has 5 heteroatoms. The molecule has 0 N–H and O–H groups in total. The van der Waals surface area contributed by atoms with Gasteiger partial charge in [-0.2, -0.15) is 0 Å². The van der Waals surface area contributed by atoms with Crippen molar-refractivity contribution in [3.05, 3.63) is 70.3 Å². The quantitative estimate of drug-likeness (QED) is 0.603. The van der Waals surface area contributed by atoms with Gasteiger partial charge >= 0.3 is 0 Å². The minimum atomic E-state index is -0.399. The van der Waals surface area contributed by atoms with Crippen molar-refractivity contribution in [2.24, 2.45) is 0 Å². The normalized spacial score (nSPS) is 18.0. The second-order valence-electron chi connectivity index (χ2n) is 5.82. The van der Waals surface area contributed by atoms with Gasteiger partial charge in [0.15, 0.2) is 0 Å². The van der Waals surface area contributed by atoms with Gasteiger partial charge in [-0.25, -0.2) is 0 Å². The van der Waals surface area contributed by atoms with Crippen LogP contribution in [0.25, 0.3) is 0 Å². The number of likely N-dealkylation sites (tertiary alicyclic amines) is 1. The molecule has 0 aromatic heterocycles. The molecule has 0 amide bonds. The van der Waals surface area contributed by atoms with Gasteiger partial charge in [0, 0.05) is 18.7 Å². The summed E-state index contributed by atoms with van der Waals surface area (Å²) in [6.45, 7) is 2.55. The minimum absolute atomic E-state index is 0.0649. The smallest absolute Gasteiger partial charge is 0.273 e. The van der Waals surface area contributed by atoms with Crippen molar-refractivity contribution in [3.63, 3.8) is 0 Å². The van der Waals surface area contributed by atoms with E-state index in [0.29, 0.717) is 18.4 Å². The van der Waals surface area contributed by atoms with Crippen LogP contribution in [0.1, 0.15) is 18.4 Å². The molecule has 0 radical (unpaired) electrons. The summed E-state index contributed by atoms with van der Waals surface area (Å²) >= 11 is 0. The molecule has 1 fully saturated rings. The maximum atomic E-state index is 10.8. The molecule has 0 aliphatic carbocycles. The molecule has 120 valence electrons. The molecule has 0 bridgehead atoms. The zero-order valence-electron chi connectivity index (χ0n) is 12.9. The molecule has 5 nitrogen and oxygen atoms in total. The van der Waals surface area contributed by atoms with E-state index in [1.165, 1.54) is 17.7 Å². The third-order valence-corrected chi connectivity index (χ3v) is 4.20. The van der Waals surface area contributed by atoms with Crippen molar-refractivity contribution < 1.29 is 9.66 Å². The van der Waals surface area contributed by atoms with Gasteiger partial charge in [-0.1, -0.05) is 36.4 Å². The number of hydrogen-bond donors (Lipinski definition) is 0. The number of ether oxygens (including phenoxy) is 1. The topological polar surface area (TPSA) is 55.6 Å². The summed E-state index contributed by atoms with van der Waals surface area (Å²) in [5.74, 6) is 0.561. The van der Waals surface area contributed by atoms with Gasteiger partial charge in [-0.05, 0) is 31.0 Å². The molecule has 1 heterocycles. The van der Waals surface area contributed by atoms with E-state index >= 15 is 0 Å². The van der Waals surface area contributed by atoms with E-state index in [-0.39, 0.29) is 5.69 Å². The lowest BCUT2D eigenvalue weighted by Crippen LogP contribution is -2.33. The molecule has 3 rings (SSSR count). The molecule has 2 aromatic carbocycles. The van der Waals surface area contributed by atoms with Crippen molar-refractivity contribution in [1.29, 1.82) is 0 Å². The van der Waals surface area contributed by atoms with E-state index in [4.69, 9.17) is 4.74 Å². The first-order valence-electron chi connectivity index (χ1n) is 7.87. The molecule has 0 unspecified atom stereocenters. The predicted molar refractivity (Wildman–Crippen MR) is 88.5 cm³/mol. The largest absolute Gasteiger partial charge is 0.492 e. The molecule has 1 saturated heterocycles. The van der Waals surface area contributed by atoms with Crippen LogP contribution in [-0.4, -0.2) is 29.0 Å². The lowest BCUT2D eigenvalue weighted by Gasteiger charge is -2.24. The summed E-state index contributed by atoms with van der Waals surface area (Å²) in [6, 6.07) is 17.1. The second kappa shape index (κ2) is 7.24. The minimum Gasteiger partial charge on any atom is -0.492 e. The molecule has 2 aromatic rings. The molecule has 1 aliphatic rings. The van der Waals surface area contributed by atoms with E-state index in [1.807, 2.05) is 6.07 Å². The number of nitro benzene ring substituents is 1. The maximum Gasteiger partial charge on any atom is 0.273 e. The van der Waals surface area contributed by atoms with Crippen molar-refractivity contribution in [2.75, 3.05) is 13.2 Å². The second-order valence-corrected chi connectivity index (χ2v) is 5.82. The fourth-order valence-corrected chi connectivity index (χ4v) is 2.99. The number of nitro groups is 1. The van der Waals surface area contributed by atoms with Crippen LogP contribution in [0.4, 0.5) is 5.69 Å². The Balaban J connectivity index is 1.58. The Morgan fingerprint density at radius 3 is 2.78 bits per heavy atom. The highest BCUT2D eigenvalue weighted by Gasteiger charge is 2.25. The van der Waals surface area contributed by atoms with Crippen LogP contribution in [0.2, 0.25) is 0 Å². The Hall–Kier alpha value is -2.40. The fraction of sp³-hybridized carbons (Fsp3) is 0.333. The van der Waals surface area contributed by atoms with Crippen LogP contribution in [0.5, 0.6) is 5.75 Å². The van der Waals surface area contributed by atoms with Crippen LogP contribution >= 0.6 is 0 Å². The number of non-ortho nitro benzene ring substituents is 1. The third-order valence-electron chi connectivity index (χ3n) is 4.20. The molecule has 0 spiro atoms. The van der Waals surface area contributed by atoms with E-state index in [2.05, 4.69) is 29.2 Å². The standard InChI is InChI=1S/C18H20N2O3/c21-20(22)16-8-4-10-18(12-16)23-14-17-9-5-11-19(17)13-15-6-2-1-3-7-15/h1-4,6-8,10,12,17H,5,9,11,13-14H2/t17-/m0/s1. The first-order valence-corrected chi connectivity index (χ1v) is 7.87.